The van der Waals surface area contributed by atoms with Crippen molar-refractivity contribution in [3.63, 3.8) is 0 Å². The molecule has 2 heterocycles. The molecule has 0 saturated carbocycles. The summed E-state index contributed by atoms with van der Waals surface area (Å²) in [7, 11) is 3.19. The second-order valence-corrected chi connectivity index (χ2v) is 6.65. The number of carbonyl (C=O) groups excluding carboxylic acids is 2. The van der Waals surface area contributed by atoms with Gasteiger partial charge in [-0.05, 0) is 35.4 Å². The van der Waals surface area contributed by atoms with E-state index in [0.717, 1.165) is 44.4 Å². The molecule has 2 aromatic heterocycles. The first-order valence-electron chi connectivity index (χ1n) is 9.09. The van der Waals surface area contributed by atoms with Crippen molar-refractivity contribution >= 4 is 33.7 Å². The maximum atomic E-state index is 12.3. The average Bonchev–Trinajstić information content (AvgIpc) is 3.31. The molecule has 7 heteroatoms. The Morgan fingerprint density at radius 2 is 1.21 bits per heavy atom. The summed E-state index contributed by atoms with van der Waals surface area (Å²) in [4.78, 5) is 30.7. The van der Waals surface area contributed by atoms with Crippen LogP contribution < -0.4 is 9.47 Å². The minimum atomic E-state index is -0.590. The van der Waals surface area contributed by atoms with E-state index in [-0.39, 0.29) is 12.8 Å². The second kappa shape index (κ2) is 7.71. The molecular weight excluding hydrogens is 372 g/mol. The molecule has 0 amide bonds. The highest BCUT2D eigenvalue weighted by atomic mass is 16.6. The summed E-state index contributed by atoms with van der Waals surface area (Å²) in [6.07, 6.45) is 3.48. The molecule has 7 nitrogen and oxygen atoms in total. The molecule has 0 radical (unpaired) electrons. The van der Waals surface area contributed by atoms with E-state index in [9.17, 15) is 9.59 Å². The van der Waals surface area contributed by atoms with Crippen molar-refractivity contribution in [2.75, 3.05) is 14.2 Å². The molecular formula is C22H20N2O5. The van der Waals surface area contributed by atoms with Crippen LogP contribution >= 0.6 is 0 Å². The van der Waals surface area contributed by atoms with Gasteiger partial charge in [0, 0.05) is 46.3 Å². The van der Waals surface area contributed by atoms with E-state index in [1.807, 2.05) is 36.4 Å². The lowest BCUT2D eigenvalue weighted by Gasteiger charge is -2.04. The second-order valence-electron chi connectivity index (χ2n) is 6.65. The molecule has 0 atom stereocenters. The van der Waals surface area contributed by atoms with Crippen LogP contribution in [0.15, 0.2) is 48.8 Å². The Hall–Kier alpha value is -3.74. The molecule has 2 N–H and O–H groups in total. The van der Waals surface area contributed by atoms with E-state index in [0.29, 0.717) is 0 Å². The lowest BCUT2D eigenvalue weighted by Crippen LogP contribution is -2.16. The highest BCUT2D eigenvalue weighted by molar-refractivity contribution is 5.94. The molecule has 0 aliphatic heterocycles. The normalized spacial score (nSPS) is 11.0. The number of methoxy groups -OCH3 is 2. The van der Waals surface area contributed by atoms with Gasteiger partial charge in [-0.25, -0.2) is 0 Å². The van der Waals surface area contributed by atoms with E-state index in [1.54, 1.807) is 26.6 Å². The van der Waals surface area contributed by atoms with Crippen LogP contribution in [0.4, 0.5) is 0 Å². The zero-order chi connectivity index (χ0) is 20.4. The molecule has 0 aliphatic rings. The molecule has 0 spiro atoms. The lowest BCUT2D eigenvalue weighted by atomic mass is 10.1. The summed E-state index contributed by atoms with van der Waals surface area (Å²) >= 11 is 0. The van der Waals surface area contributed by atoms with Crippen LogP contribution in [0.25, 0.3) is 21.8 Å². The van der Waals surface area contributed by atoms with Gasteiger partial charge in [0.05, 0.1) is 27.1 Å². The first-order valence-corrected chi connectivity index (χ1v) is 9.09. The summed E-state index contributed by atoms with van der Waals surface area (Å²) in [6, 6.07) is 11.1. The third-order valence-corrected chi connectivity index (χ3v) is 4.85. The van der Waals surface area contributed by atoms with E-state index in [2.05, 4.69) is 9.97 Å². The molecule has 0 aliphatic carbocycles. The van der Waals surface area contributed by atoms with Crippen molar-refractivity contribution < 1.29 is 23.8 Å². The largest absolute Gasteiger partial charge is 0.497 e. The maximum absolute atomic E-state index is 12.3. The summed E-state index contributed by atoms with van der Waals surface area (Å²) in [5, 5.41) is 1.78. The molecule has 0 fully saturated rings. The Labute approximate surface area is 166 Å². The molecule has 0 saturated heterocycles. The number of hydrogen-bond donors (Lipinski definition) is 2. The molecule has 0 bridgehead atoms. The van der Waals surface area contributed by atoms with Crippen LogP contribution in [-0.2, 0) is 27.2 Å². The first kappa shape index (κ1) is 18.6. The average molecular weight is 392 g/mol. The maximum Gasteiger partial charge on any atom is 0.317 e. The number of fused-ring (bicyclic) bond motifs is 2. The van der Waals surface area contributed by atoms with E-state index in [1.165, 1.54) is 0 Å². The summed E-state index contributed by atoms with van der Waals surface area (Å²) in [5.74, 6) is 0.265. The molecule has 4 aromatic rings. The van der Waals surface area contributed by atoms with Gasteiger partial charge in [0.15, 0.2) is 0 Å². The monoisotopic (exact) mass is 392 g/mol. The van der Waals surface area contributed by atoms with Crippen molar-refractivity contribution in [2.45, 2.75) is 12.8 Å². The first-order chi connectivity index (χ1) is 14.1. The van der Waals surface area contributed by atoms with Gasteiger partial charge in [-0.2, -0.15) is 0 Å². The SMILES string of the molecule is COc1ccc2c(CC(=O)OC(=O)Cc3c[nH]c4cc(OC)ccc34)c[nH]c2c1. The number of H-pyrrole nitrogens is 2. The number of aromatic amines is 2. The number of rotatable bonds is 6. The van der Waals surface area contributed by atoms with Crippen LogP contribution in [0.2, 0.25) is 0 Å². The number of hydrogen-bond acceptors (Lipinski definition) is 5. The van der Waals surface area contributed by atoms with Gasteiger partial charge >= 0.3 is 11.9 Å². The van der Waals surface area contributed by atoms with Crippen molar-refractivity contribution in [3.05, 3.63) is 59.9 Å². The van der Waals surface area contributed by atoms with Crippen molar-refractivity contribution in [3.8, 4) is 11.5 Å². The molecule has 29 heavy (non-hydrogen) atoms. The van der Waals surface area contributed by atoms with Crippen molar-refractivity contribution in [1.29, 1.82) is 0 Å². The van der Waals surface area contributed by atoms with Gasteiger partial charge < -0.3 is 24.2 Å². The van der Waals surface area contributed by atoms with Gasteiger partial charge in [0.25, 0.3) is 0 Å². The van der Waals surface area contributed by atoms with Crippen LogP contribution in [0.1, 0.15) is 11.1 Å². The number of ether oxygens (including phenoxy) is 3. The zero-order valence-corrected chi connectivity index (χ0v) is 16.1. The van der Waals surface area contributed by atoms with Crippen molar-refractivity contribution in [1.82, 2.24) is 9.97 Å². The van der Waals surface area contributed by atoms with E-state index < -0.39 is 11.9 Å². The van der Waals surface area contributed by atoms with Gasteiger partial charge in [0.1, 0.15) is 11.5 Å². The zero-order valence-electron chi connectivity index (χ0n) is 16.1. The smallest absolute Gasteiger partial charge is 0.317 e. The predicted molar refractivity (Wildman–Crippen MR) is 108 cm³/mol. The van der Waals surface area contributed by atoms with Gasteiger partial charge in [-0.1, -0.05) is 0 Å². The number of benzene rings is 2. The van der Waals surface area contributed by atoms with Crippen LogP contribution in [0.5, 0.6) is 11.5 Å². The summed E-state index contributed by atoms with van der Waals surface area (Å²) in [5.41, 5.74) is 3.24. The van der Waals surface area contributed by atoms with Crippen LogP contribution in [0.3, 0.4) is 0 Å². The van der Waals surface area contributed by atoms with Crippen LogP contribution in [-0.4, -0.2) is 36.1 Å². The van der Waals surface area contributed by atoms with E-state index >= 15 is 0 Å². The molecule has 148 valence electrons. The number of esters is 2. The Balaban J connectivity index is 1.42. The minimum Gasteiger partial charge on any atom is -0.497 e. The number of nitrogens with one attached hydrogen (secondary N) is 2. The Bertz CT molecular complexity index is 1110. The van der Waals surface area contributed by atoms with Gasteiger partial charge in [-0.15, -0.1) is 0 Å². The third kappa shape index (κ3) is 3.80. The standard InChI is InChI=1S/C22H20N2O5/c1-27-15-3-5-17-13(11-23-19(17)9-15)7-21(25)29-22(26)8-14-12-24-20-10-16(28-2)4-6-18(14)20/h3-6,9-12,23-24H,7-8H2,1-2H3. The summed E-state index contributed by atoms with van der Waals surface area (Å²) in [6.45, 7) is 0. The molecule has 0 unspecified atom stereocenters. The fourth-order valence-electron chi connectivity index (χ4n) is 3.39. The number of aromatic nitrogens is 2. The highest BCUT2D eigenvalue weighted by Crippen LogP contribution is 2.25. The predicted octanol–water partition coefficient (Wildman–Crippen LogP) is 3.52. The Kier molecular flexibility index (Phi) is 4.95. The minimum absolute atomic E-state index is 0.00313. The van der Waals surface area contributed by atoms with Gasteiger partial charge in [0.2, 0.25) is 0 Å². The third-order valence-electron chi connectivity index (χ3n) is 4.85. The van der Waals surface area contributed by atoms with Crippen molar-refractivity contribution in [2.24, 2.45) is 0 Å². The fourth-order valence-corrected chi connectivity index (χ4v) is 3.39. The van der Waals surface area contributed by atoms with Crippen LogP contribution in [0, 0.1) is 0 Å². The topological polar surface area (TPSA) is 93.4 Å². The van der Waals surface area contributed by atoms with Gasteiger partial charge in [-0.3, -0.25) is 9.59 Å². The Morgan fingerprint density at radius 1 is 0.759 bits per heavy atom. The quantitative estimate of drug-likeness (QED) is 0.387. The fraction of sp³-hybridized carbons (Fsp3) is 0.182. The summed E-state index contributed by atoms with van der Waals surface area (Å²) < 4.78 is 15.4. The molecule has 4 rings (SSSR count). The lowest BCUT2D eigenvalue weighted by molar-refractivity contribution is -0.158. The Morgan fingerprint density at radius 3 is 1.62 bits per heavy atom. The highest BCUT2D eigenvalue weighted by Gasteiger charge is 2.16. The molecule has 2 aromatic carbocycles. The van der Waals surface area contributed by atoms with E-state index in [4.69, 9.17) is 14.2 Å². The number of carbonyl (C=O) groups is 2.